The fraction of sp³-hybridized carbons (Fsp3) is 0.375. The SMILES string of the molecule is Cc1cc(C#N)nc(S(=O)(=O)CCS(N)(=O)=O)n1. The topological polar surface area (TPSA) is 144 Å². The number of primary sulfonamides is 1. The lowest BCUT2D eigenvalue weighted by Crippen LogP contribution is -2.24. The maximum Gasteiger partial charge on any atom is 0.248 e. The van der Waals surface area contributed by atoms with Crippen LogP contribution in [0.25, 0.3) is 0 Å². The Hall–Kier alpha value is -1.57. The summed E-state index contributed by atoms with van der Waals surface area (Å²) < 4.78 is 44.9. The van der Waals surface area contributed by atoms with Gasteiger partial charge in [0.1, 0.15) is 11.8 Å². The minimum atomic E-state index is -3.98. The van der Waals surface area contributed by atoms with Gasteiger partial charge in [0.25, 0.3) is 0 Å². The Morgan fingerprint density at radius 2 is 1.89 bits per heavy atom. The third-order valence-corrected chi connectivity index (χ3v) is 4.38. The van der Waals surface area contributed by atoms with Crippen LogP contribution < -0.4 is 5.14 Å². The minimum Gasteiger partial charge on any atom is -0.229 e. The molecule has 0 unspecified atom stereocenters. The Morgan fingerprint density at radius 1 is 1.28 bits per heavy atom. The maximum atomic E-state index is 11.7. The van der Waals surface area contributed by atoms with Gasteiger partial charge >= 0.3 is 0 Å². The van der Waals surface area contributed by atoms with Crippen molar-refractivity contribution in [2.24, 2.45) is 5.14 Å². The molecule has 0 aliphatic carbocycles. The van der Waals surface area contributed by atoms with Crippen LogP contribution in [-0.4, -0.2) is 38.3 Å². The third kappa shape index (κ3) is 4.02. The van der Waals surface area contributed by atoms with E-state index in [-0.39, 0.29) is 5.69 Å². The molecule has 1 aromatic rings. The highest BCUT2D eigenvalue weighted by Gasteiger charge is 2.21. The highest BCUT2D eigenvalue weighted by molar-refractivity contribution is 7.94. The van der Waals surface area contributed by atoms with Crippen molar-refractivity contribution in [3.8, 4) is 6.07 Å². The van der Waals surface area contributed by atoms with Crippen molar-refractivity contribution in [2.45, 2.75) is 12.1 Å². The van der Waals surface area contributed by atoms with E-state index in [0.717, 1.165) is 0 Å². The number of sulfone groups is 1. The van der Waals surface area contributed by atoms with Crippen LogP contribution >= 0.6 is 0 Å². The first-order valence-electron chi connectivity index (χ1n) is 4.63. The van der Waals surface area contributed by atoms with Crippen molar-refractivity contribution in [2.75, 3.05) is 11.5 Å². The number of nitrogens with two attached hydrogens (primary N) is 1. The lowest BCUT2D eigenvalue weighted by Gasteiger charge is -2.03. The number of aryl methyl sites for hydroxylation is 1. The summed E-state index contributed by atoms with van der Waals surface area (Å²) in [6, 6.07) is 3.01. The first-order chi connectivity index (χ1) is 8.14. The summed E-state index contributed by atoms with van der Waals surface area (Å²) in [7, 11) is -7.87. The van der Waals surface area contributed by atoms with Crippen LogP contribution in [0.5, 0.6) is 0 Å². The molecule has 1 rings (SSSR count). The molecule has 0 saturated heterocycles. The van der Waals surface area contributed by atoms with Gasteiger partial charge in [-0.15, -0.1) is 0 Å². The highest BCUT2D eigenvalue weighted by Crippen LogP contribution is 2.08. The number of aromatic nitrogens is 2. The first kappa shape index (κ1) is 14.5. The van der Waals surface area contributed by atoms with E-state index in [9.17, 15) is 16.8 Å². The molecule has 2 N–H and O–H groups in total. The average molecular weight is 290 g/mol. The number of nitrogens with zero attached hydrogens (tertiary/aromatic N) is 3. The van der Waals surface area contributed by atoms with Gasteiger partial charge in [-0.3, -0.25) is 0 Å². The van der Waals surface area contributed by atoms with Crippen molar-refractivity contribution >= 4 is 19.9 Å². The Morgan fingerprint density at radius 3 is 2.39 bits per heavy atom. The Balaban J connectivity index is 3.14. The molecule has 1 heterocycles. The van der Waals surface area contributed by atoms with E-state index in [2.05, 4.69) is 9.97 Å². The van der Waals surface area contributed by atoms with E-state index in [1.807, 2.05) is 0 Å². The monoisotopic (exact) mass is 290 g/mol. The van der Waals surface area contributed by atoms with Gasteiger partial charge in [0.2, 0.25) is 25.0 Å². The molecule has 0 aromatic carbocycles. The molecule has 0 radical (unpaired) electrons. The molecule has 10 heteroatoms. The van der Waals surface area contributed by atoms with Gasteiger partial charge in [-0.05, 0) is 13.0 Å². The molecule has 0 fully saturated rings. The van der Waals surface area contributed by atoms with Crippen molar-refractivity contribution in [3.05, 3.63) is 17.5 Å². The average Bonchev–Trinajstić information content (AvgIpc) is 2.25. The predicted octanol–water partition coefficient (Wildman–Crippen LogP) is -1.28. The second-order valence-electron chi connectivity index (χ2n) is 3.47. The summed E-state index contributed by atoms with van der Waals surface area (Å²) in [6.45, 7) is 1.50. The molecular weight excluding hydrogens is 280 g/mol. The Labute approximate surface area is 104 Å². The van der Waals surface area contributed by atoms with Crippen LogP contribution in [0, 0.1) is 18.3 Å². The number of hydrogen-bond donors (Lipinski definition) is 1. The molecule has 0 aliphatic heterocycles. The zero-order chi connectivity index (χ0) is 14.0. The Kier molecular flexibility index (Phi) is 4.00. The van der Waals surface area contributed by atoms with Gasteiger partial charge in [0, 0.05) is 5.69 Å². The summed E-state index contributed by atoms with van der Waals surface area (Å²) >= 11 is 0. The number of sulfonamides is 1. The molecule has 18 heavy (non-hydrogen) atoms. The molecule has 0 saturated carbocycles. The predicted molar refractivity (Wildman–Crippen MR) is 61.5 cm³/mol. The zero-order valence-electron chi connectivity index (χ0n) is 9.36. The second kappa shape index (κ2) is 4.97. The third-order valence-electron chi connectivity index (χ3n) is 1.86. The maximum absolute atomic E-state index is 11.7. The smallest absolute Gasteiger partial charge is 0.229 e. The number of rotatable bonds is 4. The molecule has 1 aromatic heterocycles. The van der Waals surface area contributed by atoms with E-state index in [1.165, 1.54) is 13.0 Å². The van der Waals surface area contributed by atoms with E-state index in [4.69, 9.17) is 10.4 Å². The van der Waals surface area contributed by atoms with Gasteiger partial charge in [0.15, 0.2) is 0 Å². The highest BCUT2D eigenvalue weighted by atomic mass is 32.2. The van der Waals surface area contributed by atoms with Crippen LogP contribution in [-0.2, 0) is 19.9 Å². The summed E-state index contributed by atoms with van der Waals surface area (Å²) in [5.74, 6) is -1.45. The normalized spacial score (nSPS) is 12.1. The van der Waals surface area contributed by atoms with Crippen LogP contribution in [0.3, 0.4) is 0 Å². The van der Waals surface area contributed by atoms with E-state index >= 15 is 0 Å². The molecule has 0 bridgehead atoms. The van der Waals surface area contributed by atoms with E-state index in [1.54, 1.807) is 6.07 Å². The molecule has 0 aliphatic rings. The Bertz CT molecular complexity index is 703. The van der Waals surface area contributed by atoms with Crippen molar-refractivity contribution in [3.63, 3.8) is 0 Å². The van der Waals surface area contributed by atoms with Crippen LogP contribution in [0.2, 0.25) is 0 Å². The summed E-state index contributed by atoms with van der Waals surface area (Å²) in [4.78, 5) is 7.20. The van der Waals surface area contributed by atoms with Gasteiger partial charge in [0.05, 0.1) is 11.5 Å². The van der Waals surface area contributed by atoms with Gasteiger partial charge < -0.3 is 0 Å². The van der Waals surface area contributed by atoms with Gasteiger partial charge in [-0.1, -0.05) is 0 Å². The van der Waals surface area contributed by atoms with Gasteiger partial charge in [-0.2, -0.15) is 5.26 Å². The lowest BCUT2D eigenvalue weighted by atomic mass is 10.4. The number of hydrogen-bond acceptors (Lipinski definition) is 7. The summed E-state index contributed by atoms with van der Waals surface area (Å²) in [6.07, 6.45) is 0. The lowest BCUT2D eigenvalue weighted by molar-refractivity contribution is 0.581. The van der Waals surface area contributed by atoms with Gasteiger partial charge in [-0.25, -0.2) is 31.9 Å². The van der Waals surface area contributed by atoms with Crippen LogP contribution in [0.15, 0.2) is 11.2 Å². The standard InChI is InChI=1S/C8H10N4O4S2/c1-6-4-7(5-9)12-8(11-6)17(13,14)2-3-18(10,15)16/h4H,2-3H2,1H3,(H2,10,15,16). The number of nitriles is 1. The fourth-order valence-electron chi connectivity index (χ4n) is 1.05. The summed E-state index contributed by atoms with van der Waals surface area (Å²) in [5, 5.41) is 12.8. The summed E-state index contributed by atoms with van der Waals surface area (Å²) in [5.41, 5.74) is 0.201. The van der Waals surface area contributed by atoms with E-state index in [0.29, 0.717) is 5.69 Å². The second-order valence-corrected chi connectivity index (χ2v) is 7.21. The first-order valence-corrected chi connectivity index (χ1v) is 8.00. The quantitative estimate of drug-likeness (QED) is 0.680. The van der Waals surface area contributed by atoms with E-state index < -0.39 is 36.5 Å². The molecule has 0 atom stereocenters. The molecule has 8 nitrogen and oxygen atoms in total. The van der Waals surface area contributed by atoms with Crippen molar-refractivity contribution < 1.29 is 16.8 Å². The largest absolute Gasteiger partial charge is 0.248 e. The zero-order valence-corrected chi connectivity index (χ0v) is 11.0. The minimum absolute atomic E-state index is 0.100. The molecular formula is C8H10N4O4S2. The van der Waals surface area contributed by atoms with Crippen LogP contribution in [0.4, 0.5) is 0 Å². The van der Waals surface area contributed by atoms with Crippen LogP contribution in [0.1, 0.15) is 11.4 Å². The molecule has 0 amide bonds. The fourth-order valence-corrected chi connectivity index (χ4v) is 3.56. The molecule has 98 valence electrons. The molecule has 0 spiro atoms. The van der Waals surface area contributed by atoms with Crippen molar-refractivity contribution in [1.82, 2.24) is 9.97 Å². The van der Waals surface area contributed by atoms with Crippen molar-refractivity contribution in [1.29, 1.82) is 5.26 Å².